The number of unbranched alkanes of at least 4 members (excludes halogenated alkanes) is 1. The van der Waals surface area contributed by atoms with Crippen LogP contribution in [0.3, 0.4) is 0 Å². The van der Waals surface area contributed by atoms with Gasteiger partial charge in [0.05, 0.1) is 13.2 Å². The van der Waals surface area contributed by atoms with Crippen LogP contribution < -0.4 is 20.5 Å². The monoisotopic (exact) mass is 308 g/mol. The van der Waals surface area contributed by atoms with Crippen molar-refractivity contribution < 1.29 is 14.3 Å². The molecule has 0 heterocycles. The predicted molar refractivity (Wildman–Crippen MR) is 88.6 cm³/mol. The number of nitrogens with two attached hydrogens (primary N) is 1. The van der Waals surface area contributed by atoms with E-state index < -0.39 is 5.54 Å². The van der Waals surface area contributed by atoms with Gasteiger partial charge in [0.2, 0.25) is 0 Å². The van der Waals surface area contributed by atoms with Gasteiger partial charge in [-0.15, -0.1) is 0 Å². The van der Waals surface area contributed by atoms with Gasteiger partial charge in [0.25, 0.3) is 5.91 Å². The third-order valence-corrected chi connectivity index (χ3v) is 2.97. The van der Waals surface area contributed by atoms with Crippen LogP contribution in [0.1, 0.15) is 50.9 Å². The summed E-state index contributed by atoms with van der Waals surface area (Å²) in [7, 11) is 0. The summed E-state index contributed by atoms with van der Waals surface area (Å²) in [5.41, 5.74) is 5.97. The second kappa shape index (κ2) is 8.63. The molecule has 0 radical (unpaired) electrons. The largest absolute Gasteiger partial charge is 0.490 e. The standard InChI is InChI=1S/C17H28N2O3/c1-5-7-10-22-14-9-8-13(11-15(14)21-6-2)16(20)19-12-17(3,4)18/h8-9,11H,5-7,10,12,18H2,1-4H3,(H,19,20). The molecule has 0 atom stereocenters. The molecular weight excluding hydrogens is 280 g/mol. The second-order valence-electron chi connectivity index (χ2n) is 5.97. The van der Waals surface area contributed by atoms with Crippen molar-refractivity contribution in [3.05, 3.63) is 23.8 Å². The van der Waals surface area contributed by atoms with E-state index in [1.165, 1.54) is 0 Å². The summed E-state index contributed by atoms with van der Waals surface area (Å²) in [5, 5.41) is 2.82. The normalized spacial score (nSPS) is 11.1. The zero-order valence-corrected chi connectivity index (χ0v) is 14.1. The van der Waals surface area contributed by atoms with Crippen LogP contribution in [0, 0.1) is 0 Å². The van der Waals surface area contributed by atoms with E-state index in [1.807, 2.05) is 20.8 Å². The molecule has 1 aromatic rings. The van der Waals surface area contributed by atoms with Crippen LogP contribution in [0.15, 0.2) is 18.2 Å². The molecule has 5 heteroatoms. The van der Waals surface area contributed by atoms with Gasteiger partial charge >= 0.3 is 0 Å². The molecule has 1 rings (SSSR count). The van der Waals surface area contributed by atoms with Gasteiger partial charge in [-0.2, -0.15) is 0 Å². The SMILES string of the molecule is CCCCOc1ccc(C(=O)NCC(C)(C)N)cc1OCC. The second-order valence-corrected chi connectivity index (χ2v) is 5.97. The number of benzene rings is 1. The molecule has 0 bridgehead atoms. The van der Waals surface area contributed by atoms with E-state index >= 15 is 0 Å². The van der Waals surface area contributed by atoms with Crippen LogP contribution in [-0.2, 0) is 0 Å². The maximum absolute atomic E-state index is 12.2. The molecule has 0 saturated heterocycles. The van der Waals surface area contributed by atoms with Crippen molar-refractivity contribution in [2.24, 2.45) is 5.73 Å². The van der Waals surface area contributed by atoms with Crippen LogP contribution in [0.25, 0.3) is 0 Å². The molecule has 0 aliphatic heterocycles. The van der Waals surface area contributed by atoms with E-state index in [1.54, 1.807) is 18.2 Å². The molecule has 1 amide bonds. The number of hydrogen-bond donors (Lipinski definition) is 2. The van der Waals surface area contributed by atoms with Crippen molar-refractivity contribution in [3.63, 3.8) is 0 Å². The van der Waals surface area contributed by atoms with Gasteiger partial charge < -0.3 is 20.5 Å². The number of amides is 1. The van der Waals surface area contributed by atoms with Gasteiger partial charge in [-0.3, -0.25) is 4.79 Å². The molecule has 124 valence electrons. The first-order chi connectivity index (χ1) is 10.4. The lowest BCUT2D eigenvalue weighted by Gasteiger charge is -2.19. The summed E-state index contributed by atoms with van der Waals surface area (Å²) in [6, 6.07) is 5.23. The van der Waals surface area contributed by atoms with E-state index in [-0.39, 0.29) is 5.91 Å². The molecule has 5 nitrogen and oxygen atoms in total. The quantitative estimate of drug-likeness (QED) is 0.688. The third-order valence-electron chi connectivity index (χ3n) is 2.97. The zero-order chi connectivity index (χ0) is 16.6. The fraction of sp³-hybridized carbons (Fsp3) is 0.588. The van der Waals surface area contributed by atoms with Crippen LogP contribution in [0.5, 0.6) is 11.5 Å². The van der Waals surface area contributed by atoms with E-state index in [2.05, 4.69) is 12.2 Å². The van der Waals surface area contributed by atoms with Crippen molar-refractivity contribution in [3.8, 4) is 11.5 Å². The number of carbonyl (C=O) groups excluding carboxylic acids is 1. The van der Waals surface area contributed by atoms with Crippen LogP contribution >= 0.6 is 0 Å². The number of rotatable bonds is 9. The minimum atomic E-state index is -0.443. The molecule has 1 aromatic carbocycles. The van der Waals surface area contributed by atoms with Crippen LogP contribution in [0.4, 0.5) is 0 Å². The fourth-order valence-electron chi connectivity index (χ4n) is 1.77. The first-order valence-electron chi connectivity index (χ1n) is 7.84. The minimum absolute atomic E-state index is 0.167. The molecule has 0 aliphatic rings. The Morgan fingerprint density at radius 2 is 1.95 bits per heavy atom. The molecular formula is C17H28N2O3. The summed E-state index contributed by atoms with van der Waals surface area (Å²) < 4.78 is 11.3. The summed E-state index contributed by atoms with van der Waals surface area (Å²) in [6.07, 6.45) is 2.05. The molecule has 0 unspecified atom stereocenters. The lowest BCUT2D eigenvalue weighted by atomic mass is 10.1. The number of ether oxygens (including phenoxy) is 2. The van der Waals surface area contributed by atoms with Crippen molar-refractivity contribution in [1.29, 1.82) is 0 Å². The Hall–Kier alpha value is -1.75. The Bertz CT molecular complexity index is 481. The third kappa shape index (κ3) is 6.35. The van der Waals surface area contributed by atoms with E-state index in [0.717, 1.165) is 12.8 Å². The molecule has 0 spiro atoms. The van der Waals surface area contributed by atoms with Crippen LogP contribution in [0.2, 0.25) is 0 Å². The minimum Gasteiger partial charge on any atom is -0.490 e. The van der Waals surface area contributed by atoms with Gasteiger partial charge in [-0.05, 0) is 45.4 Å². The number of carbonyl (C=O) groups is 1. The average Bonchev–Trinajstić information content (AvgIpc) is 2.46. The highest BCUT2D eigenvalue weighted by atomic mass is 16.5. The zero-order valence-electron chi connectivity index (χ0n) is 14.1. The van der Waals surface area contributed by atoms with E-state index in [0.29, 0.717) is 36.8 Å². The Kier molecular flexibility index (Phi) is 7.18. The summed E-state index contributed by atoms with van der Waals surface area (Å²) >= 11 is 0. The first kappa shape index (κ1) is 18.3. The predicted octanol–water partition coefficient (Wildman–Crippen LogP) is 2.73. The van der Waals surface area contributed by atoms with Crippen molar-refractivity contribution in [2.75, 3.05) is 19.8 Å². The Balaban J connectivity index is 2.80. The lowest BCUT2D eigenvalue weighted by Crippen LogP contribution is -2.45. The Morgan fingerprint density at radius 3 is 2.55 bits per heavy atom. The maximum atomic E-state index is 12.2. The Morgan fingerprint density at radius 1 is 1.23 bits per heavy atom. The summed E-state index contributed by atoms with van der Waals surface area (Å²) in [4.78, 5) is 12.2. The molecule has 0 saturated carbocycles. The molecule has 0 aliphatic carbocycles. The van der Waals surface area contributed by atoms with Crippen LogP contribution in [-0.4, -0.2) is 31.2 Å². The number of hydrogen-bond acceptors (Lipinski definition) is 4. The van der Waals surface area contributed by atoms with Crippen molar-refractivity contribution >= 4 is 5.91 Å². The average molecular weight is 308 g/mol. The first-order valence-corrected chi connectivity index (χ1v) is 7.84. The van der Waals surface area contributed by atoms with Gasteiger partial charge in [-0.1, -0.05) is 13.3 Å². The summed E-state index contributed by atoms with van der Waals surface area (Å²) in [5.74, 6) is 1.10. The smallest absolute Gasteiger partial charge is 0.251 e. The van der Waals surface area contributed by atoms with E-state index in [9.17, 15) is 4.79 Å². The van der Waals surface area contributed by atoms with Crippen molar-refractivity contribution in [2.45, 2.75) is 46.1 Å². The molecule has 0 aromatic heterocycles. The van der Waals surface area contributed by atoms with Gasteiger partial charge in [0.1, 0.15) is 0 Å². The summed E-state index contributed by atoms with van der Waals surface area (Å²) in [6.45, 7) is 9.31. The highest BCUT2D eigenvalue weighted by molar-refractivity contribution is 5.94. The van der Waals surface area contributed by atoms with Gasteiger partial charge in [0.15, 0.2) is 11.5 Å². The topological polar surface area (TPSA) is 73.6 Å². The van der Waals surface area contributed by atoms with Gasteiger partial charge in [0, 0.05) is 17.6 Å². The molecule has 0 fully saturated rings. The van der Waals surface area contributed by atoms with Gasteiger partial charge in [-0.25, -0.2) is 0 Å². The molecule has 3 N–H and O–H groups in total. The maximum Gasteiger partial charge on any atom is 0.251 e. The highest BCUT2D eigenvalue weighted by Gasteiger charge is 2.15. The fourth-order valence-corrected chi connectivity index (χ4v) is 1.77. The highest BCUT2D eigenvalue weighted by Crippen LogP contribution is 2.28. The van der Waals surface area contributed by atoms with E-state index in [4.69, 9.17) is 15.2 Å². The molecule has 22 heavy (non-hydrogen) atoms. The number of nitrogens with one attached hydrogen (secondary N) is 1. The lowest BCUT2D eigenvalue weighted by molar-refractivity contribution is 0.0945. The Labute approximate surface area is 133 Å². The van der Waals surface area contributed by atoms with Crippen molar-refractivity contribution in [1.82, 2.24) is 5.32 Å².